The topological polar surface area (TPSA) is 40.6 Å². The molecule has 1 aliphatic heterocycles. The van der Waals surface area contributed by atoms with Gasteiger partial charge in [-0.2, -0.15) is 0 Å². The van der Waals surface area contributed by atoms with E-state index in [1.54, 1.807) is 11.3 Å². The van der Waals surface area contributed by atoms with Crippen LogP contribution in [0, 0.1) is 0 Å². The zero-order chi connectivity index (χ0) is 20.9. The quantitative estimate of drug-likeness (QED) is 0.527. The van der Waals surface area contributed by atoms with Gasteiger partial charge in [0.2, 0.25) is 5.91 Å². The number of hydrazine groups is 1. The Kier molecular flexibility index (Phi) is 7.25. The Morgan fingerprint density at radius 2 is 1.90 bits per heavy atom. The molecule has 1 saturated heterocycles. The number of hydrogen-bond acceptors (Lipinski definition) is 4. The van der Waals surface area contributed by atoms with E-state index in [9.17, 15) is 9.59 Å². The number of unbranched alkanes of at least 4 members (excludes halogenated alkanes) is 1. The van der Waals surface area contributed by atoms with Crippen molar-refractivity contribution in [2.75, 3.05) is 18.1 Å². The highest BCUT2D eigenvalue weighted by Gasteiger charge is 2.32. The predicted molar refractivity (Wildman–Crippen MR) is 120 cm³/mol. The lowest BCUT2D eigenvalue weighted by Crippen LogP contribution is -2.40. The number of ketones is 1. The van der Waals surface area contributed by atoms with Gasteiger partial charge >= 0.3 is 0 Å². The molecule has 2 aromatic rings. The molecule has 1 aromatic carbocycles. The van der Waals surface area contributed by atoms with E-state index in [0.717, 1.165) is 50.0 Å². The van der Waals surface area contributed by atoms with E-state index >= 15 is 0 Å². The van der Waals surface area contributed by atoms with Gasteiger partial charge in [-0.3, -0.25) is 9.59 Å². The fraction of sp³-hybridized carbons (Fsp3) is 0.500. The maximum Gasteiger partial charge on any atom is 0.242 e. The summed E-state index contributed by atoms with van der Waals surface area (Å²) in [6, 6.07) is 12.2. The molecule has 1 amide bonds. The van der Waals surface area contributed by atoms with Gasteiger partial charge in [-0.15, -0.1) is 11.3 Å². The highest BCUT2D eigenvalue weighted by Crippen LogP contribution is 2.30. The lowest BCUT2D eigenvalue weighted by molar-refractivity contribution is -0.123. The number of anilines is 1. The van der Waals surface area contributed by atoms with Crippen LogP contribution in [0.2, 0.25) is 0 Å². The lowest BCUT2D eigenvalue weighted by atomic mass is 9.79. The van der Waals surface area contributed by atoms with Crippen molar-refractivity contribution in [2.45, 2.75) is 64.7 Å². The van der Waals surface area contributed by atoms with Gasteiger partial charge in [0.05, 0.1) is 5.69 Å². The van der Waals surface area contributed by atoms with Crippen molar-refractivity contribution in [1.29, 1.82) is 0 Å². The number of thiophene rings is 1. The second-order valence-corrected chi connectivity index (χ2v) is 9.32. The van der Waals surface area contributed by atoms with Crippen molar-refractivity contribution in [3.63, 3.8) is 0 Å². The molecule has 0 atom stereocenters. The summed E-state index contributed by atoms with van der Waals surface area (Å²) < 4.78 is 0. The first-order chi connectivity index (χ1) is 13.9. The van der Waals surface area contributed by atoms with Crippen molar-refractivity contribution in [2.24, 2.45) is 0 Å². The molecule has 1 aromatic heterocycles. The molecule has 0 saturated carbocycles. The number of nitrogens with zero attached hydrogens (tertiary/aromatic N) is 2. The molecule has 0 N–H and O–H groups in total. The Morgan fingerprint density at radius 1 is 1.14 bits per heavy atom. The maximum atomic E-state index is 12.6. The van der Waals surface area contributed by atoms with E-state index in [0.29, 0.717) is 12.8 Å². The summed E-state index contributed by atoms with van der Waals surface area (Å²) in [4.78, 5) is 26.5. The van der Waals surface area contributed by atoms with Gasteiger partial charge in [0.25, 0.3) is 0 Å². The number of rotatable bonds is 10. The first-order valence-electron chi connectivity index (χ1n) is 10.7. The molecule has 156 valence electrons. The van der Waals surface area contributed by atoms with Gasteiger partial charge in [0.15, 0.2) is 0 Å². The Hall–Kier alpha value is -1.98. The van der Waals surface area contributed by atoms with Crippen molar-refractivity contribution >= 4 is 28.7 Å². The smallest absolute Gasteiger partial charge is 0.242 e. The maximum absolute atomic E-state index is 12.6. The van der Waals surface area contributed by atoms with E-state index in [1.165, 1.54) is 4.88 Å². The number of benzene rings is 1. The summed E-state index contributed by atoms with van der Waals surface area (Å²) >= 11 is 1.79. The molecule has 5 heteroatoms. The molecule has 0 aliphatic carbocycles. The largest absolute Gasteiger partial charge is 0.299 e. The molecule has 4 nitrogen and oxygen atoms in total. The number of Topliss-reactive ketones (excluding diaryl/α,β-unsaturated/α-hetero) is 1. The van der Waals surface area contributed by atoms with E-state index in [-0.39, 0.29) is 11.7 Å². The number of amides is 1. The molecule has 1 fully saturated rings. The molecule has 1 aliphatic rings. The first kappa shape index (κ1) is 21.7. The fourth-order valence-electron chi connectivity index (χ4n) is 3.83. The molecule has 0 bridgehead atoms. The summed E-state index contributed by atoms with van der Waals surface area (Å²) in [5.41, 5.74) is 1.41. The second kappa shape index (κ2) is 9.68. The third-order valence-electron chi connectivity index (χ3n) is 5.81. The van der Waals surface area contributed by atoms with Gasteiger partial charge in [-0.25, -0.2) is 10.0 Å². The summed E-state index contributed by atoms with van der Waals surface area (Å²) in [6.07, 6.45) is 5.21. The van der Waals surface area contributed by atoms with Crippen molar-refractivity contribution in [3.05, 3.63) is 52.2 Å². The highest BCUT2D eigenvalue weighted by atomic mass is 32.1. The number of aryl methyl sites for hydroxylation is 1. The minimum Gasteiger partial charge on any atom is -0.299 e. The first-order valence-corrected chi connectivity index (χ1v) is 11.6. The predicted octanol–water partition coefficient (Wildman–Crippen LogP) is 5.37. The standard InChI is InChI=1S/C24H32N2O2S/c1-4-5-10-22(27)24(2,3)19-11-13-20(14-12-19)26-23(28)15-17-25(26)16-6-8-21-9-7-18-29-21/h7,9,11-14,18H,4-6,8,10,15-17H2,1-3H3. The number of carbonyl (C=O) groups excluding carboxylic acids is 2. The summed E-state index contributed by atoms with van der Waals surface area (Å²) in [6.45, 7) is 7.74. The third kappa shape index (κ3) is 5.14. The van der Waals surface area contributed by atoms with Crippen LogP contribution in [0.1, 0.15) is 63.3 Å². The Morgan fingerprint density at radius 3 is 2.55 bits per heavy atom. The molecular formula is C24H32N2O2S. The van der Waals surface area contributed by atoms with Crippen LogP contribution in [0.3, 0.4) is 0 Å². The Labute approximate surface area is 178 Å². The van der Waals surface area contributed by atoms with Crippen molar-refractivity contribution in [3.8, 4) is 0 Å². The summed E-state index contributed by atoms with van der Waals surface area (Å²) in [7, 11) is 0. The summed E-state index contributed by atoms with van der Waals surface area (Å²) in [5.74, 6) is 0.423. The average Bonchev–Trinajstić information content (AvgIpc) is 3.36. The highest BCUT2D eigenvalue weighted by molar-refractivity contribution is 7.09. The van der Waals surface area contributed by atoms with E-state index in [2.05, 4.69) is 29.4 Å². The van der Waals surface area contributed by atoms with Gasteiger partial charge in [0, 0.05) is 36.2 Å². The number of carbonyl (C=O) groups is 2. The van der Waals surface area contributed by atoms with Gasteiger partial charge in [-0.05, 0) is 62.3 Å². The molecular weight excluding hydrogens is 380 g/mol. The molecule has 2 heterocycles. The van der Waals surface area contributed by atoms with Crippen LogP contribution in [-0.4, -0.2) is 29.8 Å². The molecule has 3 rings (SSSR count). The van der Waals surface area contributed by atoms with Crippen LogP contribution in [0.5, 0.6) is 0 Å². The van der Waals surface area contributed by atoms with Crippen molar-refractivity contribution in [1.82, 2.24) is 5.01 Å². The molecule has 0 radical (unpaired) electrons. The third-order valence-corrected chi connectivity index (χ3v) is 6.75. The van der Waals surface area contributed by atoms with E-state index in [1.807, 2.05) is 43.1 Å². The fourth-order valence-corrected chi connectivity index (χ4v) is 4.58. The van der Waals surface area contributed by atoms with Crippen LogP contribution in [-0.2, 0) is 21.4 Å². The Bertz CT molecular complexity index is 812. The zero-order valence-electron chi connectivity index (χ0n) is 17.8. The molecule has 29 heavy (non-hydrogen) atoms. The average molecular weight is 413 g/mol. The van der Waals surface area contributed by atoms with Crippen LogP contribution >= 0.6 is 11.3 Å². The summed E-state index contributed by atoms with van der Waals surface area (Å²) in [5, 5.41) is 6.09. The second-order valence-electron chi connectivity index (χ2n) is 8.29. The van der Waals surface area contributed by atoms with E-state index in [4.69, 9.17) is 0 Å². The lowest BCUT2D eigenvalue weighted by Gasteiger charge is -2.29. The van der Waals surface area contributed by atoms with Crippen LogP contribution in [0.4, 0.5) is 5.69 Å². The minimum atomic E-state index is -0.497. The van der Waals surface area contributed by atoms with Crippen LogP contribution in [0.25, 0.3) is 0 Å². The molecule has 0 unspecified atom stereocenters. The van der Waals surface area contributed by atoms with E-state index < -0.39 is 5.41 Å². The SMILES string of the molecule is CCCCC(=O)C(C)(C)c1ccc(N2C(=O)CCN2CCCc2cccs2)cc1. The minimum absolute atomic E-state index is 0.146. The zero-order valence-corrected chi connectivity index (χ0v) is 18.6. The van der Waals surface area contributed by atoms with Gasteiger partial charge in [-0.1, -0.05) is 31.5 Å². The Balaban J connectivity index is 1.66. The number of hydrogen-bond donors (Lipinski definition) is 0. The van der Waals surface area contributed by atoms with Crippen molar-refractivity contribution < 1.29 is 9.59 Å². The molecule has 0 spiro atoms. The van der Waals surface area contributed by atoms with Gasteiger partial charge < -0.3 is 0 Å². The van der Waals surface area contributed by atoms with Gasteiger partial charge in [0.1, 0.15) is 5.78 Å². The normalized spacial score (nSPS) is 15.3. The van der Waals surface area contributed by atoms with Crippen LogP contribution in [0.15, 0.2) is 41.8 Å². The monoisotopic (exact) mass is 412 g/mol. The van der Waals surface area contributed by atoms with Crippen LogP contribution < -0.4 is 5.01 Å².